The molecule has 0 aliphatic rings. The highest BCUT2D eigenvalue weighted by atomic mass is 127. The molecule has 0 saturated carbocycles. The molecule has 0 aromatic rings. The van der Waals surface area contributed by atoms with Crippen molar-refractivity contribution in [2.75, 3.05) is 26.7 Å². The SMILES string of the molecule is CCCCC[N+](C)(CCCCC)CCCCC.[I-]. The predicted molar refractivity (Wildman–Crippen MR) is 79.4 cm³/mol. The largest absolute Gasteiger partial charge is 1.00 e. The summed E-state index contributed by atoms with van der Waals surface area (Å²) in [5.74, 6) is 0. The molecular formula is C16H36IN. The van der Waals surface area contributed by atoms with Gasteiger partial charge in [0, 0.05) is 0 Å². The molecule has 1 nitrogen and oxygen atoms in total. The standard InChI is InChI=1S/C16H36N.HI/c1-5-8-11-14-17(4,15-12-9-6-2)16-13-10-7-3;/h5-16H2,1-4H3;1H/q+1;/p-1. The normalized spacial score (nSPS) is 11.3. The van der Waals surface area contributed by atoms with Crippen molar-refractivity contribution in [1.82, 2.24) is 0 Å². The van der Waals surface area contributed by atoms with E-state index >= 15 is 0 Å². The lowest BCUT2D eigenvalue weighted by Crippen LogP contribution is -3.00. The third kappa shape index (κ3) is 11.8. The average molecular weight is 369 g/mol. The van der Waals surface area contributed by atoms with E-state index in [0.29, 0.717) is 0 Å². The molecule has 112 valence electrons. The molecule has 0 saturated heterocycles. The Morgan fingerprint density at radius 2 is 0.833 bits per heavy atom. The van der Waals surface area contributed by atoms with Crippen LogP contribution in [0.25, 0.3) is 0 Å². The van der Waals surface area contributed by atoms with Gasteiger partial charge in [-0.05, 0) is 38.5 Å². The number of hydrogen-bond acceptors (Lipinski definition) is 0. The molecule has 0 fully saturated rings. The number of unbranched alkanes of at least 4 members (excludes halogenated alkanes) is 6. The molecule has 0 bridgehead atoms. The van der Waals surface area contributed by atoms with Gasteiger partial charge in [0.1, 0.15) is 0 Å². The quantitative estimate of drug-likeness (QED) is 0.281. The smallest absolute Gasteiger partial charge is 0.0784 e. The summed E-state index contributed by atoms with van der Waals surface area (Å²) in [6, 6.07) is 0. The maximum atomic E-state index is 2.49. The highest BCUT2D eigenvalue weighted by Gasteiger charge is 2.19. The lowest BCUT2D eigenvalue weighted by Gasteiger charge is -2.35. The second kappa shape index (κ2) is 14.1. The molecule has 0 aromatic heterocycles. The van der Waals surface area contributed by atoms with Crippen LogP contribution in [0.3, 0.4) is 0 Å². The molecule has 0 aliphatic carbocycles. The number of quaternary nitrogens is 1. The fourth-order valence-corrected chi connectivity index (χ4v) is 2.57. The van der Waals surface area contributed by atoms with Gasteiger partial charge in [0.15, 0.2) is 0 Å². The van der Waals surface area contributed by atoms with Crippen LogP contribution in [-0.2, 0) is 0 Å². The van der Waals surface area contributed by atoms with Gasteiger partial charge in [-0.25, -0.2) is 0 Å². The monoisotopic (exact) mass is 369 g/mol. The highest BCUT2D eigenvalue weighted by molar-refractivity contribution is 4.46. The maximum Gasteiger partial charge on any atom is 0.0784 e. The van der Waals surface area contributed by atoms with Crippen molar-refractivity contribution in [3.63, 3.8) is 0 Å². The molecule has 0 unspecified atom stereocenters. The molecule has 0 aliphatic heterocycles. The van der Waals surface area contributed by atoms with E-state index < -0.39 is 0 Å². The summed E-state index contributed by atoms with van der Waals surface area (Å²) in [4.78, 5) is 0. The van der Waals surface area contributed by atoms with Crippen LogP contribution in [0, 0.1) is 0 Å². The second-order valence-electron chi connectivity index (χ2n) is 5.91. The number of rotatable bonds is 12. The first-order valence-electron chi connectivity index (χ1n) is 8.02. The van der Waals surface area contributed by atoms with Crippen LogP contribution >= 0.6 is 0 Å². The molecule has 0 N–H and O–H groups in total. The van der Waals surface area contributed by atoms with Crippen LogP contribution in [-0.4, -0.2) is 31.2 Å². The first-order chi connectivity index (χ1) is 8.18. The van der Waals surface area contributed by atoms with E-state index in [1.54, 1.807) is 0 Å². The number of hydrogen-bond donors (Lipinski definition) is 0. The van der Waals surface area contributed by atoms with E-state index in [-0.39, 0.29) is 24.0 Å². The Morgan fingerprint density at radius 1 is 0.556 bits per heavy atom. The lowest BCUT2D eigenvalue weighted by atomic mass is 10.1. The molecule has 0 radical (unpaired) electrons. The van der Waals surface area contributed by atoms with Crippen molar-refractivity contribution in [3.05, 3.63) is 0 Å². The molecule has 0 heterocycles. The minimum atomic E-state index is 0. The molecule has 0 spiro atoms. The van der Waals surface area contributed by atoms with E-state index in [0.717, 1.165) is 0 Å². The van der Waals surface area contributed by atoms with Gasteiger partial charge in [0.25, 0.3) is 0 Å². The Hall–Kier alpha value is 0.690. The Labute approximate surface area is 133 Å². The topological polar surface area (TPSA) is 0 Å². The minimum Gasteiger partial charge on any atom is -1.00 e. The molecule has 0 aromatic carbocycles. The van der Waals surface area contributed by atoms with Crippen molar-refractivity contribution in [2.24, 2.45) is 0 Å². The average Bonchev–Trinajstić information content (AvgIpc) is 2.30. The summed E-state index contributed by atoms with van der Waals surface area (Å²) in [5.41, 5.74) is 0. The molecule has 0 atom stereocenters. The van der Waals surface area contributed by atoms with Gasteiger partial charge in [-0.2, -0.15) is 0 Å². The zero-order chi connectivity index (χ0) is 13.0. The summed E-state index contributed by atoms with van der Waals surface area (Å²) in [5, 5.41) is 0. The van der Waals surface area contributed by atoms with Crippen molar-refractivity contribution in [1.29, 1.82) is 0 Å². The summed E-state index contributed by atoms with van der Waals surface area (Å²) >= 11 is 0. The summed E-state index contributed by atoms with van der Waals surface area (Å²) in [6.07, 6.45) is 12.6. The minimum absolute atomic E-state index is 0. The second-order valence-corrected chi connectivity index (χ2v) is 5.91. The summed E-state index contributed by atoms with van der Waals surface area (Å²) in [7, 11) is 2.49. The Bertz CT molecular complexity index is 133. The van der Waals surface area contributed by atoms with Crippen LogP contribution in [0.15, 0.2) is 0 Å². The molecule has 2 heteroatoms. The maximum absolute atomic E-state index is 2.49. The van der Waals surface area contributed by atoms with E-state index in [1.165, 1.54) is 81.9 Å². The highest BCUT2D eigenvalue weighted by Crippen LogP contribution is 2.13. The Kier molecular flexibility index (Phi) is 16.5. The van der Waals surface area contributed by atoms with Crippen molar-refractivity contribution in [2.45, 2.75) is 78.6 Å². The van der Waals surface area contributed by atoms with Crippen molar-refractivity contribution >= 4 is 0 Å². The predicted octanol–water partition coefficient (Wildman–Crippen LogP) is 2.01. The zero-order valence-electron chi connectivity index (χ0n) is 13.3. The van der Waals surface area contributed by atoms with Crippen LogP contribution in [0.5, 0.6) is 0 Å². The van der Waals surface area contributed by atoms with Crippen LogP contribution < -0.4 is 24.0 Å². The molecular weight excluding hydrogens is 333 g/mol. The zero-order valence-corrected chi connectivity index (χ0v) is 15.5. The number of nitrogens with zero attached hydrogens (tertiary/aromatic N) is 1. The van der Waals surface area contributed by atoms with E-state index in [1.807, 2.05) is 0 Å². The van der Waals surface area contributed by atoms with E-state index in [4.69, 9.17) is 0 Å². The first kappa shape index (κ1) is 21.0. The number of halogens is 1. The Morgan fingerprint density at radius 3 is 1.06 bits per heavy atom. The van der Waals surface area contributed by atoms with Crippen molar-refractivity contribution in [3.8, 4) is 0 Å². The summed E-state index contributed by atoms with van der Waals surface area (Å²) in [6.45, 7) is 11.1. The van der Waals surface area contributed by atoms with Gasteiger partial charge in [-0.15, -0.1) is 0 Å². The van der Waals surface area contributed by atoms with Crippen LogP contribution in [0.1, 0.15) is 78.6 Å². The third-order valence-corrected chi connectivity index (χ3v) is 3.90. The van der Waals surface area contributed by atoms with Gasteiger partial charge >= 0.3 is 0 Å². The Balaban J connectivity index is 0. The van der Waals surface area contributed by atoms with Gasteiger partial charge < -0.3 is 28.5 Å². The molecule has 0 amide bonds. The third-order valence-electron chi connectivity index (χ3n) is 3.90. The van der Waals surface area contributed by atoms with Gasteiger partial charge in [-0.3, -0.25) is 0 Å². The fourth-order valence-electron chi connectivity index (χ4n) is 2.57. The lowest BCUT2D eigenvalue weighted by molar-refractivity contribution is -0.910. The van der Waals surface area contributed by atoms with Gasteiger partial charge in [-0.1, -0.05) is 40.0 Å². The molecule has 18 heavy (non-hydrogen) atoms. The fraction of sp³-hybridized carbons (Fsp3) is 1.00. The summed E-state index contributed by atoms with van der Waals surface area (Å²) < 4.78 is 1.33. The van der Waals surface area contributed by atoms with Gasteiger partial charge in [0.05, 0.1) is 26.7 Å². The van der Waals surface area contributed by atoms with E-state index in [2.05, 4.69) is 27.8 Å². The van der Waals surface area contributed by atoms with Crippen LogP contribution in [0.4, 0.5) is 0 Å². The van der Waals surface area contributed by atoms with Crippen molar-refractivity contribution < 1.29 is 28.5 Å². The van der Waals surface area contributed by atoms with Gasteiger partial charge in [0.2, 0.25) is 0 Å². The molecule has 0 rings (SSSR count). The first-order valence-corrected chi connectivity index (χ1v) is 8.02. The van der Waals surface area contributed by atoms with E-state index in [9.17, 15) is 0 Å². The van der Waals surface area contributed by atoms with Crippen LogP contribution in [0.2, 0.25) is 0 Å².